The van der Waals surface area contributed by atoms with Gasteiger partial charge in [-0.15, -0.1) is 0 Å². The summed E-state index contributed by atoms with van der Waals surface area (Å²) in [6.45, 7) is 0. The predicted octanol–water partition coefficient (Wildman–Crippen LogP) is 4.11. The number of hydrogen-bond donors (Lipinski definition) is 1. The quantitative estimate of drug-likeness (QED) is 0.908. The van der Waals surface area contributed by atoms with Crippen LogP contribution in [0.5, 0.6) is 0 Å². The van der Waals surface area contributed by atoms with Crippen LogP contribution in [-0.4, -0.2) is 4.98 Å². The van der Waals surface area contributed by atoms with E-state index < -0.39 is 0 Å². The van der Waals surface area contributed by atoms with Crippen molar-refractivity contribution in [3.05, 3.63) is 51.7 Å². The van der Waals surface area contributed by atoms with Crippen molar-refractivity contribution in [1.82, 2.24) is 4.98 Å². The predicted molar refractivity (Wildman–Crippen MR) is 71.4 cm³/mol. The van der Waals surface area contributed by atoms with Crippen molar-refractivity contribution in [3.63, 3.8) is 0 Å². The summed E-state index contributed by atoms with van der Waals surface area (Å²) >= 11 is 9.27. The maximum Gasteiger partial charge on any atom is 0.142 e. The maximum atomic E-state index is 8.75. The molecule has 1 aromatic heterocycles. The number of nitrogens with zero attached hydrogens (tertiary/aromatic N) is 2. The maximum absolute atomic E-state index is 8.75. The van der Waals surface area contributed by atoms with Crippen molar-refractivity contribution in [1.29, 1.82) is 5.26 Å². The number of nitrogens with one attached hydrogen (secondary N) is 1. The highest BCUT2D eigenvalue weighted by molar-refractivity contribution is 9.10. The molecule has 0 bridgehead atoms. The summed E-state index contributed by atoms with van der Waals surface area (Å²) in [6.07, 6.45) is 1.59. The number of nitriles is 1. The lowest BCUT2D eigenvalue weighted by atomic mass is 10.3. The van der Waals surface area contributed by atoms with E-state index in [0.29, 0.717) is 10.7 Å². The van der Waals surface area contributed by atoms with E-state index >= 15 is 0 Å². The molecule has 0 spiro atoms. The molecule has 0 fully saturated rings. The SMILES string of the molecule is N#Cc1cc(Nc2ccc(Cl)cc2Br)ccn1. The van der Waals surface area contributed by atoms with E-state index in [1.54, 1.807) is 30.5 Å². The zero-order valence-corrected chi connectivity index (χ0v) is 11.0. The van der Waals surface area contributed by atoms with Crippen LogP contribution in [0.25, 0.3) is 0 Å². The van der Waals surface area contributed by atoms with Crippen LogP contribution >= 0.6 is 27.5 Å². The fourth-order valence-electron chi connectivity index (χ4n) is 1.32. The van der Waals surface area contributed by atoms with Crippen LogP contribution in [0.4, 0.5) is 11.4 Å². The molecule has 0 aliphatic rings. The molecule has 0 unspecified atom stereocenters. The van der Waals surface area contributed by atoms with E-state index in [-0.39, 0.29) is 0 Å². The molecule has 0 atom stereocenters. The van der Waals surface area contributed by atoms with E-state index in [9.17, 15) is 0 Å². The first kappa shape index (κ1) is 11.9. The Hall–Kier alpha value is -1.57. The number of rotatable bonds is 2. The molecule has 3 nitrogen and oxygen atoms in total. The Morgan fingerprint density at radius 3 is 2.82 bits per heavy atom. The van der Waals surface area contributed by atoms with Crippen molar-refractivity contribution in [3.8, 4) is 6.07 Å². The molecule has 2 aromatic rings. The Morgan fingerprint density at radius 2 is 2.12 bits per heavy atom. The van der Waals surface area contributed by atoms with Gasteiger partial charge >= 0.3 is 0 Å². The second-order valence-corrected chi connectivity index (χ2v) is 4.58. The fraction of sp³-hybridized carbons (Fsp3) is 0. The molecule has 1 aromatic carbocycles. The van der Waals surface area contributed by atoms with E-state index in [1.165, 1.54) is 0 Å². The number of halogens is 2. The minimum absolute atomic E-state index is 0.375. The summed E-state index contributed by atoms with van der Waals surface area (Å²) in [6, 6.07) is 10.9. The first-order chi connectivity index (χ1) is 8.19. The molecule has 0 radical (unpaired) electrons. The molecule has 2 rings (SSSR count). The van der Waals surface area contributed by atoms with Crippen molar-refractivity contribution < 1.29 is 0 Å². The smallest absolute Gasteiger partial charge is 0.142 e. The van der Waals surface area contributed by atoms with Crippen LogP contribution in [0, 0.1) is 11.3 Å². The second-order valence-electron chi connectivity index (χ2n) is 3.29. The molecule has 5 heteroatoms. The minimum atomic E-state index is 0.375. The van der Waals surface area contributed by atoms with Gasteiger partial charge in [0.2, 0.25) is 0 Å². The van der Waals surface area contributed by atoms with Crippen molar-refractivity contribution in [2.75, 3.05) is 5.32 Å². The van der Waals surface area contributed by atoms with Crippen LogP contribution < -0.4 is 5.32 Å². The molecular weight excluding hydrogens is 302 g/mol. The van der Waals surface area contributed by atoms with Crippen molar-refractivity contribution in [2.24, 2.45) is 0 Å². The molecule has 0 aliphatic heterocycles. The first-order valence-corrected chi connectivity index (χ1v) is 5.94. The normalized spacial score (nSPS) is 9.71. The Balaban J connectivity index is 2.28. The lowest BCUT2D eigenvalue weighted by Crippen LogP contribution is -1.93. The van der Waals surface area contributed by atoms with Gasteiger partial charge in [0.05, 0.1) is 5.69 Å². The molecular formula is C12H7BrClN3. The summed E-state index contributed by atoms with van der Waals surface area (Å²) in [4.78, 5) is 3.90. The van der Waals surface area contributed by atoms with Gasteiger partial charge in [-0.2, -0.15) is 5.26 Å². The van der Waals surface area contributed by atoms with E-state index in [0.717, 1.165) is 15.8 Å². The largest absolute Gasteiger partial charge is 0.354 e. The van der Waals surface area contributed by atoms with Crippen LogP contribution in [0.15, 0.2) is 41.0 Å². The summed E-state index contributed by atoms with van der Waals surface area (Å²) in [5.41, 5.74) is 2.06. The molecule has 0 aliphatic carbocycles. The van der Waals surface area contributed by atoms with E-state index in [4.69, 9.17) is 16.9 Å². The average Bonchev–Trinajstić information content (AvgIpc) is 2.33. The number of hydrogen-bond acceptors (Lipinski definition) is 3. The first-order valence-electron chi connectivity index (χ1n) is 4.77. The zero-order chi connectivity index (χ0) is 12.3. The van der Waals surface area contributed by atoms with Gasteiger partial charge in [0.1, 0.15) is 11.8 Å². The van der Waals surface area contributed by atoms with Gasteiger partial charge in [-0.3, -0.25) is 0 Å². The topological polar surface area (TPSA) is 48.7 Å². The van der Waals surface area contributed by atoms with Gasteiger partial charge in [0.15, 0.2) is 0 Å². The molecule has 0 saturated carbocycles. The Kier molecular flexibility index (Phi) is 3.62. The molecule has 1 N–H and O–H groups in total. The van der Waals surface area contributed by atoms with Crippen LogP contribution in [-0.2, 0) is 0 Å². The van der Waals surface area contributed by atoms with Gasteiger partial charge in [-0.1, -0.05) is 11.6 Å². The van der Waals surface area contributed by atoms with E-state index in [1.807, 2.05) is 12.1 Å². The lowest BCUT2D eigenvalue weighted by molar-refractivity contribution is 1.26. The molecule has 0 amide bonds. The number of aromatic nitrogens is 1. The third-order valence-electron chi connectivity index (χ3n) is 2.08. The number of anilines is 2. The van der Waals surface area contributed by atoms with Crippen molar-refractivity contribution in [2.45, 2.75) is 0 Å². The van der Waals surface area contributed by atoms with Crippen LogP contribution in [0.2, 0.25) is 5.02 Å². The Bertz CT molecular complexity index is 593. The number of pyridine rings is 1. The average molecular weight is 309 g/mol. The summed E-state index contributed by atoms with van der Waals surface area (Å²) < 4.78 is 0.861. The van der Waals surface area contributed by atoms with Gasteiger partial charge < -0.3 is 5.32 Å². The molecule has 17 heavy (non-hydrogen) atoms. The fourth-order valence-corrected chi connectivity index (χ4v) is 2.10. The van der Waals surface area contributed by atoms with Crippen LogP contribution in [0.1, 0.15) is 5.69 Å². The van der Waals surface area contributed by atoms with E-state index in [2.05, 4.69) is 26.2 Å². The van der Waals surface area contributed by atoms with Gasteiger partial charge in [0.25, 0.3) is 0 Å². The van der Waals surface area contributed by atoms with Gasteiger partial charge in [-0.25, -0.2) is 4.98 Å². The zero-order valence-electron chi connectivity index (χ0n) is 8.61. The highest BCUT2D eigenvalue weighted by Crippen LogP contribution is 2.28. The Labute approximate surface area is 112 Å². The summed E-state index contributed by atoms with van der Waals surface area (Å²) in [5, 5.41) is 12.6. The highest BCUT2D eigenvalue weighted by Gasteiger charge is 2.02. The monoisotopic (exact) mass is 307 g/mol. The minimum Gasteiger partial charge on any atom is -0.354 e. The van der Waals surface area contributed by atoms with Crippen LogP contribution in [0.3, 0.4) is 0 Å². The third kappa shape index (κ3) is 2.96. The second kappa shape index (κ2) is 5.17. The summed E-state index contributed by atoms with van der Waals surface area (Å²) in [7, 11) is 0. The summed E-state index contributed by atoms with van der Waals surface area (Å²) in [5.74, 6) is 0. The molecule has 1 heterocycles. The standard InChI is InChI=1S/C12H7BrClN3/c13-11-5-8(14)1-2-12(11)17-9-3-4-16-10(6-9)7-15/h1-6H,(H,16,17). The Morgan fingerprint density at radius 1 is 1.29 bits per heavy atom. The third-order valence-corrected chi connectivity index (χ3v) is 2.98. The van der Waals surface area contributed by atoms with Gasteiger partial charge in [0, 0.05) is 21.4 Å². The van der Waals surface area contributed by atoms with Crippen molar-refractivity contribution >= 4 is 38.9 Å². The highest BCUT2D eigenvalue weighted by atomic mass is 79.9. The molecule has 84 valence electrons. The number of benzene rings is 1. The molecule has 0 saturated heterocycles. The lowest BCUT2D eigenvalue weighted by Gasteiger charge is -2.08. The van der Waals surface area contributed by atoms with Gasteiger partial charge in [-0.05, 0) is 46.3 Å².